The molecule has 6 heteroatoms. The molecular formula is C12H8F2O4. The Morgan fingerprint density at radius 2 is 1.94 bits per heavy atom. The molecule has 1 N–H and O–H groups in total. The first-order valence-corrected chi connectivity index (χ1v) is 4.73. The van der Waals surface area contributed by atoms with Crippen molar-refractivity contribution in [1.29, 1.82) is 0 Å². The van der Waals surface area contributed by atoms with Crippen molar-refractivity contribution in [2.75, 3.05) is 7.11 Å². The molecule has 0 aliphatic rings. The zero-order valence-electron chi connectivity index (χ0n) is 9.29. The maximum atomic E-state index is 12.9. The molecular weight excluding hydrogens is 246 g/mol. The molecule has 0 saturated heterocycles. The van der Waals surface area contributed by atoms with E-state index in [2.05, 4.69) is 16.6 Å². The number of hydrogen-bond donors (Lipinski definition) is 1. The van der Waals surface area contributed by atoms with Gasteiger partial charge >= 0.3 is 11.9 Å². The Bertz CT molecular complexity index is 555. The van der Waals surface area contributed by atoms with Crippen LogP contribution in [0.2, 0.25) is 0 Å². The minimum Gasteiger partial charge on any atom is -0.478 e. The number of esters is 1. The second-order valence-corrected chi connectivity index (χ2v) is 3.17. The number of aromatic carboxylic acids is 1. The summed E-state index contributed by atoms with van der Waals surface area (Å²) in [4.78, 5) is 21.6. The molecule has 0 atom stereocenters. The van der Waals surface area contributed by atoms with E-state index >= 15 is 0 Å². The lowest BCUT2D eigenvalue weighted by molar-refractivity contribution is -0.139. The first-order chi connectivity index (χ1) is 8.45. The summed E-state index contributed by atoms with van der Waals surface area (Å²) in [6, 6.07) is 1.21. The number of rotatable bonds is 2. The maximum Gasteiger partial charge on any atom is 0.337 e. The van der Waals surface area contributed by atoms with Crippen LogP contribution in [0.3, 0.4) is 0 Å². The average molecular weight is 254 g/mol. The standard InChI is InChI=1S/C12H8F2O4/c1-18-11(15)4-2-3-7-5-9(13)10(14)6-8(7)12(16)17/h5-6H,4H2,1H3,(H,16,17). The molecule has 0 radical (unpaired) electrons. The Hall–Kier alpha value is -2.42. The maximum absolute atomic E-state index is 12.9. The van der Waals surface area contributed by atoms with Gasteiger partial charge in [0.2, 0.25) is 0 Å². The van der Waals surface area contributed by atoms with Crippen LogP contribution >= 0.6 is 0 Å². The highest BCUT2D eigenvalue weighted by Crippen LogP contribution is 2.14. The third kappa shape index (κ3) is 3.28. The molecule has 1 aromatic carbocycles. The Kier molecular flexibility index (Phi) is 4.38. The SMILES string of the molecule is COC(=O)CC#Cc1cc(F)c(F)cc1C(=O)O. The number of benzene rings is 1. The van der Waals surface area contributed by atoms with Crippen molar-refractivity contribution < 1.29 is 28.2 Å². The largest absolute Gasteiger partial charge is 0.478 e. The van der Waals surface area contributed by atoms with Gasteiger partial charge in [-0.05, 0) is 12.1 Å². The van der Waals surface area contributed by atoms with Gasteiger partial charge in [-0.15, -0.1) is 0 Å². The summed E-state index contributed by atoms with van der Waals surface area (Å²) in [7, 11) is 1.17. The van der Waals surface area contributed by atoms with Crippen molar-refractivity contribution in [3.05, 3.63) is 34.9 Å². The Morgan fingerprint density at radius 1 is 1.33 bits per heavy atom. The van der Waals surface area contributed by atoms with Crippen LogP contribution in [-0.4, -0.2) is 24.2 Å². The van der Waals surface area contributed by atoms with E-state index in [1.54, 1.807) is 0 Å². The lowest BCUT2D eigenvalue weighted by Crippen LogP contribution is -2.03. The molecule has 0 spiro atoms. The molecule has 0 unspecified atom stereocenters. The Morgan fingerprint density at radius 3 is 2.50 bits per heavy atom. The summed E-state index contributed by atoms with van der Waals surface area (Å²) in [6.07, 6.45) is -0.269. The first kappa shape index (κ1) is 13.6. The van der Waals surface area contributed by atoms with E-state index < -0.39 is 29.1 Å². The number of ether oxygens (including phenoxy) is 1. The molecule has 18 heavy (non-hydrogen) atoms. The molecule has 0 aliphatic heterocycles. The number of carboxylic acid groups (broad SMARTS) is 1. The number of halogens is 2. The minimum atomic E-state index is -1.43. The highest BCUT2D eigenvalue weighted by Gasteiger charge is 2.13. The van der Waals surface area contributed by atoms with Crippen molar-refractivity contribution in [3.63, 3.8) is 0 Å². The fourth-order valence-electron chi connectivity index (χ4n) is 1.11. The number of carboxylic acids is 1. The topological polar surface area (TPSA) is 63.6 Å². The molecule has 0 fully saturated rings. The number of carbonyl (C=O) groups excluding carboxylic acids is 1. The van der Waals surface area contributed by atoms with Crippen LogP contribution in [0.1, 0.15) is 22.3 Å². The summed E-state index contributed by atoms with van der Waals surface area (Å²) < 4.78 is 30.1. The molecule has 1 aromatic rings. The van der Waals surface area contributed by atoms with Crippen LogP contribution in [0.5, 0.6) is 0 Å². The average Bonchev–Trinajstić information content (AvgIpc) is 2.32. The van der Waals surface area contributed by atoms with Gasteiger partial charge in [-0.3, -0.25) is 4.79 Å². The zero-order valence-corrected chi connectivity index (χ0v) is 9.29. The normalized spacial score (nSPS) is 9.28. The van der Waals surface area contributed by atoms with Gasteiger partial charge in [-0.2, -0.15) is 0 Å². The smallest absolute Gasteiger partial charge is 0.337 e. The summed E-state index contributed by atoms with van der Waals surface area (Å²) in [5.74, 6) is 0.0851. The van der Waals surface area contributed by atoms with Crippen molar-refractivity contribution in [2.24, 2.45) is 0 Å². The van der Waals surface area contributed by atoms with Crippen LogP contribution < -0.4 is 0 Å². The first-order valence-electron chi connectivity index (χ1n) is 4.73. The number of carbonyl (C=O) groups is 2. The van der Waals surface area contributed by atoms with E-state index in [-0.39, 0.29) is 12.0 Å². The van der Waals surface area contributed by atoms with Crippen molar-refractivity contribution >= 4 is 11.9 Å². The zero-order chi connectivity index (χ0) is 13.7. The predicted molar refractivity (Wildman–Crippen MR) is 56.8 cm³/mol. The highest BCUT2D eigenvalue weighted by atomic mass is 19.2. The second-order valence-electron chi connectivity index (χ2n) is 3.17. The van der Waals surface area contributed by atoms with Crippen LogP contribution in [0, 0.1) is 23.5 Å². The Balaban J connectivity index is 3.11. The van der Waals surface area contributed by atoms with Gasteiger partial charge < -0.3 is 9.84 Å². The number of methoxy groups -OCH3 is 1. The molecule has 0 amide bonds. The van der Waals surface area contributed by atoms with Crippen LogP contribution in [-0.2, 0) is 9.53 Å². The van der Waals surface area contributed by atoms with E-state index in [9.17, 15) is 18.4 Å². The Labute approximate surface area is 101 Å². The highest BCUT2D eigenvalue weighted by molar-refractivity contribution is 5.90. The monoisotopic (exact) mass is 254 g/mol. The fourth-order valence-corrected chi connectivity index (χ4v) is 1.11. The van der Waals surface area contributed by atoms with E-state index in [0.717, 1.165) is 0 Å². The molecule has 0 aliphatic carbocycles. The number of hydrogen-bond acceptors (Lipinski definition) is 3. The van der Waals surface area contributed by atoms with Gasteiger partial charge in [0.25, 0.3) is 0 Å². The molecule has 4 nitrogen and oxygen atoms in total. The lowest BCUT2D eigenvalue weighted by Gasteiger charge is -2.00. The van der Waals surface area contributed by atoms with Gasteiger partial charge in [-0.1, -0.05) is 11.8 Å². The van der Waals surface area contributed by atoms with Crippen molar-refractivity contribution in [1.82, 2.24) is 0 Å². The van der Waals surface area contributed by atoms with Crippen LogP contribution in [0.15, 0.2) is 12.1 Å². The molecule has 0 bridgehead atoms. The summed E-state index contributed by atoms with van der Waals surface area (Å²) >= 11 is 0. The minimum absolute atomic E-state index is 0.203. The van der Waals surface area contributed by atoms with Gasteiger partial charge in [0.05, 0.1) is 12.7 Å². The predicted octanol–water partition coefficient (Wildman–Crippen LogP) is 1.58. The third-order valence-corrected chi connectivity index (χ3v) is 1.97. The summed E-state index contributed by atoms with van der Waals surface area (Å²) in [5, 5.41) is 8.79. The molecule has 0 saturated carbocycles. The van der Waals surface area contributed by atoms with Crippen LogP contribution in [0.25, 0.3) is 0 Å². The molecule has 0 heterocycles. The molecule has 94 valence electrons. The van der Waals surface area contributed by atoms with E-state index in [1.807, 2.05) is 0 Å². The van der Waals surface area contributed by atoms with Crippen LogP contribution in [0.4, 0.5) is 8.78 Å². The quantitative estimate of drug-likeness (QED) is 0.642. The van der Waals surface area contributed by atoms with E-state index in [1.165, 1.54) is 7.11 Å². The molecule has 1 rings (SSSR count). The van der Waals surface area contributed by atoms with Gasteiger partial charge in [0.1, 0.15) is 6.42 Å². The van der Waals surface area contributed by atoms with Crippen molar-refractivity contribution in [2.45, 2.75) is 6.42 Å². The summed E-state index contributed by atoms with van der Waals surface area (Å²) in [6.45, 7) is 0. The summed E-state index contributed by atoms with van der Waals surface area (Å²) in [5.41, 5.74) is -0.670. The fraction of sp³-hybridized carbons (Fsp3) is 0.167. The second kappa shape index (κ2) is 5.77. The molecule has 0 aromatic heterocycles. The third-order valence-electron chi connectivity index (χ3n) is 1.97. The lowest BCUT2D eigenvalue weighted by atomic mass is 10.1. The van der Waals surface area contributed by atoms with E-state index in [4.69, 9.17) is 5.11 Å². The van der Waals surface area contributed by atoms with Crippen molar-refractivity contribution in [3.8, 4) is 11.8 Å². The van der Waals surface area contributed by atoms with Gasteiger partial charge in [0.15, 0.2) is 11.6 Å². The van der Waals surface area contributed by atoms with E-state index in [0.29, 0.717) is 12.1 Å². The van der Waals surface area contributed by atoms with Gasteiger partial charge in [-0.25, -0.2) is 13.6 Å². The van der Waals surface area contributed by atoms with Gasteiger partial charge in [0, 0.05) is 5.56 Å².